The summed E-state index contributed by atoms with van der Waals surface area (Å²) in [7, 11) is 3.42. The van der Waals surface area contributed by atoms with E-state index in [-0.39, 0.29) is 0 Å². The summed E-state index contributed by atoms with van der Waals surface area (Å²) >= 11 is 1.78. The van der Waals surface area contributed by atoms with Crippen molar-refractivity contribution < 1.29 is 14.3 Å². The van der Waals surface area contributed by atoms with Crippen molar-refractivity contribution in [1.29, 1.82) is 0 Å². The first-order valence-electron chi connectivity index (χ1n) is 9.42. The number of rotatable bonds is 9. The summed E-state index contributed by atoms with van der Waals surface area (Å²) in [6.45, 7) is 9.50. The maximum Gasteiger partial charge on any atom is 0.407 e. The number of thioether (sulfide) groups is 1. The number of benzene rings is 1. The minimum absolute atomic E-state index is 0.417. The van der Waals surface area contributed by atoms with Crippen LogP contribution in [0.15, 0.2) is 34.2 Å². The van der Waals surface area contributed by atoms with Crippen molar-refractivity contribution >= 4 is 23.8 Å². The van der Waals surface area contributed by atoms with Gasteiger partial charge in [-0.25, -0.2) is 4.79 Å². The molecule has 0 bridgehead atoms. The molecule has 1 aromatic rings. The zero-order valence-corrected chi connectivity index (χ0v) is 18.6. The van der Waals surface area contributed by atoms with Crippen molar-refractivity contribution in [3.05, 3.63) is 24.3 Å². The molecule has 7 nitrogen and oxygen atoms in total. The summed E-state index contributed by atoms with van der Waals surface area (Å²) in [5.74, 6) is 3.01. The van der Waals surface area contributed by atoms with Crippen molar-refractivity contribution in [1.82, 2.24) is 16.0 Å². The van der Waals surface area contributed by atoms with Crippen LogP contribution in [0.5, 0.6) is 5.75 Å². The highest BCUT2D eigenvalue weighted by atomic mass is 32.2. The third-order valence-electron chi connectivity index (χ3n) is 3.52. The molecule has 1 aromatic carbocycles. The van der Waals surface area contributed by atoms with Gasteiger partial charge >= 0.3 is 6.09 Å². The van der Waals surface area contributed by atoms with Crippen molar-refractivity contribution in [2.45, 2.75) is 38.2 Å². The van der Waals surface area contributed by atoms with E-state index in [1.165, 1.54) is 0 Å². The van der Waals surface area contributed by atoms with Gasteiger partial charge in [0.1, 0.15) is 11.4 Å². The molecule has 0 heterocycles. The molecule has 1 rings (SSSR count). The Kier molecular flexibility index (Phi) is 10.6. The average Bonchev–Trinajstić information content (AvgIpc) is 2.64. The number of nitrogens with zero attached hydrogens (tertiary/aromatic N) is 1. The molecule has 28 heavy (non-hydrogen) atoms. The topological polar surface area (TPSA) is 84.0 Å². The van der Waals surface area contributed by atoms with E-state index in [2.05, 4.69) is 33.9 Å². The van der Waals surface area contributed by atoms with E-state index in [9.17, 15) is 4.79 Å². The van der Waals surface area contributed by atoms with Crippen LogP contribution >= 0.6 is 11.8 Å². The summed E-state index contributed by atoms with van der Waals surface area (Å²) in [6, 6.07) is 8.04. The van der Waals surface area contributed by atoms with Gasteiger partial charge in [-0.2, -0.15) is 0 Å². The van der Waals surface area contributed by atoms with E-state index in [4.69, 9.17) is 9.47 Å². The van der Waals surface area contributed by atoms with Crippen LogP contribution in [-0.4, -0.2) is 57.2 Å². The Balaban J connectivity index is 2.25. The van der Waals surface area contributed by atoms with Gasteiger partial charge in [0, 0.05) is 37.3 Å². The third-order valence-corrected chi connectivity index (χ3v) is 4.90. The maximum atomic E-state index is 11.6. The Hall–Kier alpha value is -2.09. The number of hydrogen-bond donors (Lipinski definition) is 3. The van der Waals surface area contributed by atoms with E-state index in [1.807, 2.05) is 39.0 Å². The smallest absolute Gasteiger partial charge is 0.407 e. The van der Waals surface area contributed by atoms with Crippen LogP contribution in [0.2, 0.25) is 0 Å². The van der Waals surface area contributed by atoms with E-state index in [1.54, 1.807) is 25.9 Å². The number of aliphatic imine (C=N–C) groups is 1. The number of methoxy groups -OCH3 is 1. The summed E-state index contributed by atoms with van der Waals surface area (Å²) in [6.07, 6.45) is -0.417. The summed E-state index contributed by atoms with van der Waals surface area (Å²) < 4.78 is 10.6. The van der Waals surface area contributed by atoms with Gasteiger partial charge in [-0.05, 0) is 38.8 Å². The fraction of sp³-hybridized carbons (Fsp3) is 0.600. The number of nitrogens with one attached hydrogen (secondary N) is 3. The lowest BCUT2D eigenvalue weighted by Crippen LogP contribution is -2.43. The number of guanidine groups is 1. The monoisotopic (exact) mass is 410 g/mol. The summed E-state index contributed by atoms with van der Waals surface area (Å²) in [4.78, 5) is 17.0. The highest BCUT2D eigenvalue weighted by Crippen LogP contribution is 2.29. The van der Waals surface area contributed by atoms with E-state index in [0.29, 0.717) is 25.0 Å². The van der Waals surface area contributed by atoms with E-state index in [0.717, 1.165) is 22.9 Å². The second-order valence-electron chi connectivity index (χ2n) is 7.38. The molecular weight excluding hydrogens is 376 g/mol. The molecule has 0 saturated heterocycles. The van der Waals surface area contributed by atoms with Crippen LogP contribution in [0.3, 0.4) is 0 Å². The Morgan fingerprint density at radius 2 is 1.86 bits per heavy atom. The number of amides is 1. The molecule has 3 N–H and O–H groups in total. The average molecular weight is 411 g/mol. The molecular formula is C20H34N4O3S. The van der Waals surface area contributed by atoms with Crippen LogP contribution in [-0.2, 0) is 4.74 Å². The zero-order valence-electron chi connectivity index (χ0n) is 17.8. The van der Waals surface area contributed by atoms with Gasteiger partial charge in [-0.3, -0.25) is 4.99 Å². The van der Waals surface area contributed by atoms with Crippen LogP contribution in [0.4, 0.5) is 4.79 Å². The van der Waals surface area contributed by atoms with Gasteiger partial charge in [-0.15, -0.1) is 11.8 Å². The van der Waals surface area contributed by atoms with Crippen LogP contribution in [0.1, 0.15) is 27.7 Å². The maximum absolute atomic E-state index is 11.6. The molecule has 0 saturated carbocycles. The number of carbonyl (C=O) groups is 1. The number of para-hydroxylation sites is 1. The van der Waals surface area contributed by atoms with Crippen molar-refractivity contribution in [2.24, 2.45) is 10.9 Å². The van der Waals surface area contributed by atoms with Gasteiger partial charge in [0.05, 0.1) is 7.11 Å². The minimum atomic E-state index is -0.493. The predicted octanol–water partition coefficient (Wildman–Crippen LogP) is 3.11. The van der Waals surface area contributed by atoms with Gasteiger partial charge in [0.15, 0.2) is 5.96 Å². The fourth-order valence-corrected chi connectivity index (χ4v) is 3.23. The molecule has 0 aromatic heterocycles. The molecule has 1 unspecified atom stereocenters. The predicted molar refractivity (Wildman–Crippen MR) is 116 cm³/mol. The van der Waals surface area contributed by atoms with Gasteiger partial charge in [0.2, 0.25) is 0 Å². The molecule has 0 spiro atoms. The standard InChI is InChI=1S/C20H34N4O3S/c1-15(14-28-17-10-8-7-9-16(17)26-6)13-24-18(21-5)22-11-12-23-19(25)27-20(2,3)4/h7-10,15H,11-14H2,1-6H3,(H,23,25)(H2,21,22,24). The zero-order chi connectivity index (χ0) is 21.0. The van der Waals surface area contributed by atoms with Crippen molar-refractivity contribution in [3.63, 3.8) is 0 Å². The summed E-state index contributed by atoms with van der Waals surface area (Å²) in [5, 5.41) is 9.20. The molecule has 0 aliphatic rings. The lowest BCUT2D eigenvalue weighted by Gasteiger charge is -2.20. The largest absolute Gasteiger partial charge is 0.496 e. The van der Waals surface area contributed by atoms with Crippen molar-refractivity contribution in [3.8, 4) is 5.75 Å². The van der Waals surface area contributed by atoms with E-state index < -0.39 is 11.7 Å². The second kappa shape index (κ2) is 12.4. The SMILES string of the molecule is CN=C(NCCNC(=O)OC(C)(C)C)NCC(C)CSc1ccccc1OC. The summed E-state index contributed by atoms with van der Waals surface area (Å²) in [5.41, 5.74) is -0.493. The first-order chi connectivity index (χ1) is 13.2. The van der Waals surface area contributed by atoms with Gasteiger partial charge < -0.3 is 25.4 Å². The Labute approximate surface area is 173 Å². The van der Waals surface area contributed by atoms with E-state index >= 15 is 0 Å². The quantitative estimate of drug-likeness (QED) is 0.251. The van der Waals surface area contributed by atoms with Gasteiger partial charge in [-0.1, -0.05) is 19.1 Å². The molecule has 0 aliphatic carbocycles. The first-order valence-corrected chi connectivity index (χ1v) is 10.4. The Bertz CT molecular complexity index is 632. The number of ether oxygens (including phenoxy) is 2. The number of alkyl carbamates (subject to hydrolysis) is 1. The first kappa shape index (κ1) is 23.9. The third kappa shape index (κ3) is 10.3. The lowest BCUT2D eigenvalue weighted by atomic mass is 10.2. The highest BCUT2D eigenvalue weighted by Gasteiger charge is 2.15. The molecule has 0 fully saturated rings. The molecule has 0 aliphatic heterocycles. The van der Waals surface area contributed by atoms with Crippen LogP contribution < -0.4 is 20.7 Å². The minimum Gasteiger partial charge on any atom is -0.496 e. The molecule has 1 amide bonds. The Morgan fingerprint density at radius 3 is 2.50 bits per heavy atom. The second-order valence-corrected chi connectivity index (χ2v) is 8.44. The van der Waals surface area contributed by atoms with Crippen molar-refractivity contribution in [2.75, 3.05) is 39.5 Å². The van der Waals surface area contributed by atoms with Crippen LogP contribution in [0.25, 0.3) is 0 Å². The van der Waals surface area contributed by atoms with Gasteiger partial charge in [0.25, 0.3) is 0 Å². The number of carbonyl (C=O) groups excluding carboxylic acids is 1. The molecule has 0 radical (unpaired) electrons. The molecule has 8 heteroatoms. The highest BCUT2D eigenvalue weighted by molar-refractivity contribution is 7.99. The van der Waals surface area contributed by atoms with Crippen LogP contribution in [0, 0.1) is 5.92 Å². The fourth-order valence-electron chi connectivity index (χ4n) is 2.18. The lowest BCUT2D eigenvalue weighted by molar-refractivity contribution is 0.0529. The number of hydrogen-bond acceptors (Lipinski definition) is 5. The molecule has 1 atom stereocenters. The Morgan fingerprint density at radius 1 is 1.18 bits per heavy atom. The molecule has 158 valence electrons. The normalized spacial score (nSPS) is 12.9.